The fraction of sp³-hybridized carbons (Fsp3) is 0.0476. The van der Waals surface area contributed by atoms with Gasteiger partial charge >= 0.3 is 0 Å². The number of benzene rings is 1. The first-order valence-corrected chi connectivity index (χ1v) is 9.14. The van der Waals surface area contributed by atoms with E-state index >= 15 is 0 Å². The molecule has 0 saturated carbocycles. The fourth-order valence-electron chi connectivity index (χ4n) is 2.74. The van der Waals surface area contributed by atoms with Crippen molar-refractivity contribution in [2.75, 3.05) is 5.32 Å². The summed E-state index contributed by atoms with van der Waals surface area (Å²) >= 11 is 1.60. The largest absolute Gasteiger partial charge is 0.323 e. The number of aromatic nitrogens is 2. The third kappa shape index (κ3) is 3.43. The molecule has 3 aromatic heterocycles. The van der Waals surface area contributed by atoms with Crippen molar-refractivity contribution in [2.45, 2.75) is 6.92 Å². The summed E-state index contributed by atoms with van der Waals surface area (Å²) in [7, 11) is 0. The molecule has 0 spiro atoms. The smallest absolute Gasteiger partial charge is 0.248 e. The van der Waals surface area contributed by atoms with Crippen LogP contribution in [0.4, 0.5) is 5.69 Å². The van der Waals surface area contributed by atoms with Crippen LogP contribution in [-0.4, -0.2) is 15.3 Å². The van der Waals surface area contributed by atoms with Crippen LogP contribution in [0, 0.1) is 6.92 Å². The van der Waals surface area contributed by atoms with E-state index < -0.39 is 0 Å². The maximum atomic E-state index is 12.0. The number of carbonyl (C=O) groups is 1. The summed E-state index contributed by atoms with van der Waals surface area (Å²) in [5, 5.41) is 4.86. The average Bonchev–Trinajstić information content (AvgIpc) is 3.31. The molecule has 1 N–H and O–H groups in total. The van der Waals surface area contributed by atoms with Crippen LogP contribution in [0.2, 0.25) is 0 Å². The third-order valence-electron chi connectivity index (χ3n) is 4.07. The van der Waals surface area contributed by atoms with Crippen LogP contribution in [0.5, 0.6) is 0 Å². The van der Waals surface area contributed by atoms with Crippen LogP contribution >= 0.6 is 11.3 Å². The lowest BCUT2D eigenvalue weighted by Crippen LogP contribution is -2.07. The van der Waals surface area contributed by atoms with E-state index in [1.165, 1.54) is 0 Å². The molecule has 128 valence electrons. The molecule has 0 aliphatic heterocycles. The second kappa shape index (κ2) is 6.98. The molecule has 4 nitrogen and oxygen atoms in total. The van der Waals surface area contributed by atoms with Gasteiger partial charge in [0.1, 0.15) is 5.65 Å². The summed E-state index contributed by atoms with van der Waals surface area (Å²) in [5.41, 5.74) is 4.78. The van der Waals surface area contributed by atoms with Gasteiger partial charge in [-0.2, -0.15) is 0 Å². The minimum absolute atomic E-state index is 0.144. The molecule has 1 amide bonds. The predicted octanol–water partition coefficient (Wildman–Crippen LogP) is 5.02. The molecule has 0 radical (unpaired) electrons. The second-order valence-electron chi connectivity index (χ2n) is 5.96. The zero-order valence-corrected chi connectivity index (χ0v) is 15.0. The monoisotopic (exact) mass is 359 g/mol. The Morgan fingerprint density at radius 2 is 2.00 bits per heavy atom. The Hall–Kier alpha value is -3.18. The lowest BCUT2D eigenvalue weighted by molar-refractivity contribution is -0.111. The van der Waals surface area contributed by atoms with Crippen molar-refractivity contribution in [3.8, 4) is 11.3 Å². The molecule has 0 atom stereocenters. The second-order valence-corrected chi connectivity index (χ2v) is 6.94. The van der Waals surface area contributed by atoms with Gasteiger partial charge in [0.25, 0.3) is 0 Å². The Balaban J connectivity index is 1.49. The van der Waals surface area contributed by atoms with Gasteiger partial charge in [-0.3, -0.25) is 4.79 Å². The van der Waals surface area contributed by atoms with Crippen molar-refractivity contribution in [2.24, 2.45) is 0 Å². The highest BCUT2D eigenvalue weighted by molar-refractivity contribution is 7.10. The highest BCUT2D eigenvalue weighted by Gasteiger charge is 2.06. The van der Waals surface area contributed by atoms with E-state index in [4.69, 9.17) is 4.98 Å². The van der Waals surface area contributed by atoms with E-state index in [9.17, 15) is 4.79 Å². The molecule has 4 aromatic rings. The van der Waals surface area contributed by atoms with Gasteiger partial charge in [-0.05, 0) is 48.2 Å². The zero-order chi connectivity index (χ0) is 17.9. The fourth-order valence-corrected chi connectivity index (χ4v) is 3.36. The predicted molar refractivity (Wildman–Crippen MR) is 107 cm³/mol. The molecule has 0 fully saturated rings. The number of aryl methyl sites for hydroxylation is 1. The van der Waals surface area contributed by atoms with E-state index in [0.717, 1.165) is 33.0 Å². The van der Waals surface area contributed by atoms with Gasteiger partial charge < -0.3 is 9.72 Å². The molecule has 0 saturated heterocycles. The molecular weight excluding hydrogens is 342 g/mol. The molecule has 3 heterocycles. The number of hydrogen-bond acceptors (Lipinski definition) is 3. The van der Waals surface area contributed by atoms with Crippen LogP contribution in [0.25, 0.3) is 23.0 Å². The summed E-state index contributed by atoms with van der Waals surface area (Å²) in [5.74, 6) is -0.144. The molecular formula is C21H17N3OS. The maximum Gasteiger partial charge on any atom is 0.248 e. The zero-order valence-electron chi connectivity index (χ0n) is 14.2. The van der Waals surface area contributed by atoms with Crippen molar-refractivity contribution in [1.82, 2.24) is 9.38 Å². The van der Waals surface area contributed by atoms with E-state index in [1.807, 2.05) is 70.7 Å². The van der Waals surface area contributed by atoms with Crippen molar-refractivity contribution in [3.05, 3.63) is 82.8 Å². The molecule has 4 rings (SSSR count). The Bertz CT molecular complexity index is 1080. The van der Waals surface area contributed by atoms with Crippen LogP contribution in [0.15, 0.2) is 72.4 Å². The number of thiophene rings is 1. The van der Waals surface area contributed by atoms with E-state index in [2.05, 4.69) is 18.3 Å². The number of pyridine rings is 1. The minimum Gasteiger partial charge on any atom is -0.323 e. The lowest BCUT2D eigenvalue weighted by Gasteiger charge is -2.03. The van der Waals surface area contributed by atoms with Crippen molar-refractivity contribution in [1.29, 1.82) is 0 Å². The first-order chi connectivity index (χ1) is 12.7. The van der Waals surface area contributed by atoms with Gasteiger partial charge in [0.05, 0.1) is 5.69 Å². The summed E-state index contributed by atoms with van der Waals surface area (Å²) in [6, 6.07) is 15.7. The molecule has 0 aliphatic carbocycles. The standard InChI is InChI=1S/C21H17N3OS/c1-15-4-2-12-24-14-19(23-21(15)24)16-6-8-17(9-7-16)22-20(25)11-10-18-5-3-13-26-18/h2-14H,1H3,(H,22,25)/b11-10+. The van der Waals surface area contributed by atoms with Gasteiger partial charge in [-0.25, -0.2) is 4.98 Å². The Labute approximate surface area is 155 Å². The van der Waals surface area contributed by atoms with Crippen molar-refractivity contribution in [3.63, 3.8) is 0 Å². The van der Waals surface area contributed by atoms with Gasteiger partial charge in [0.15, 0.2) is 0 Å². The summed E-state index contributed by atoms with van der Waals surface area (Å²) in [6.45, 7) is 2.05. The number of carbonyl (C=O) groups excluding carboxylic acids is 1. The number of nitrogens with one attached hydrogen (secondary N) is 1. The number of fused-ring (bicyclic) bond motifs is 1. The number of anilines is 1. The van der Waals surface area contributed by atoms with Crippen LogP contribution in [0.3, 0.4) is 0 Å². The molecule has 5 heteroatoms. The summed E-state index contributed by atoms with van der Waals surface area (Å²) < 4.78 is 2.02. The number of imidazole rings is 1. The minimum atomic E-state index is -0.144. The highest BCUT2D eigenvalue weighted by atomic mass is 32.1. The Morgan fingerprint density at radius 1 is 1.15 bits per heavy atom. The maximum absolute atomic E-state index is 12.0. The highest BCUT2D eigenvalue weighted by Crippen LogP contribution is 2.22. The molecule has 0 aliphatic rings. The van der Waals surface area contributed by atoms with Crippen LogP contribution in [-0.2, 0) is 4.79 Å². The molecule has 0 bridgehead atoms. The Kier molecular flexibility index (Phi) is 4.37. The van der Waals surface area contributed by atoms with E-state index in [0.29, 0.717) is 0 Å². The topological polar surface area (TPSA) is 46.4 Å². The summed E-state index contributed by atoms with van der Waals surface area (Å²) in [4.78, 5) is 17.8. The number of nitrogens with zero attached hydrogens (tertiary/aromatic N) is 2. The third-order valence-corrected chi connectivity index (χ3v) is 4.91. The van der Waals surface area contributed by atoms with Gasteiger partial charge in [-0.1, -0.05) is 24.3 Å². The number of rotatable bonds is 4. The molecule has 0 unspecified atom stereocenters. The SMILES string of the molecule is Cc1cccn2cc(-c3ccc(NC(=O)/C=C/c4cccs4)cc3)nc12. The van der Waals surface area contributed by atoms with Crippen molar-refractivity contribution < 1.29 is 4.79 Å². The van der Waals surface area contributed by atoms with Gasteiger partial charge in [0, 0.05) is 34.6 Å². The van der Waals surface area contributed by atoms with Crippen molar-refractivity contribution >= 4 is 34.7 Å². The molecule has 1 aromatic carbocycles. The van der Waals surface area contributed by atoms with E-state index in [-0.39, 0.29) is 5.91 Å². The Morgan fingerprint density at radius 3 is 2.73 bits per heavy atom. The van der Waals surface area contributed by atoms with Crippen LogP contribution < -0.4 is 5.32 Å². The quantitative estimate of drug-likeness (QED) is 0.520. The van der Waals surface area contributed by atoms with Crippen LogP contribution in [0.1, 0.15) is 10.4 Å². The lowest BCUT2D eigenvalue weighted by atomic mass is 10.1. The summed E-state index contributed by atoms with van der Waals surface area (Å²) in [6.07, 6.45) is 7.37. The van der Waals surface area contributed by atoms with E-state index in [1.54, 1.807) is 17.4 Å². The van der Waals surface area contributed by atoms with Gasteiger partial charge in [-0.15, -0.1) is 11.3 Å². The first-order valence-electron chi connectivity index (χ1n) is 8.26. The van der Waals surface area contributed by atoms with Gasteiger partial charge in [0.2, 0.25) is 5.91 Å². The normalized spacial score (nSPS) is 11.3. The number of hydrogen-bond donors (Lipinski definition) is 1. The average molecular weight is 359 g/mol. The molecule has 26 heavy (non-hydrogen) atoms. The first kappa shape index (κ1) is 16.3. The number of amides is 1.